The van der Waals surface area contributed by atoms with Crippen LogP contribution in [0.1, 0.15) is 40.0 Å². The lowest BCUT2D eigenvalue weighted by Crippen LogP contribution is -2.18. The normalized spacial score (nSPS) is 17.3. The van der Waals surface area contributed by atoms with Gasteiger partial charge in [-0.25, -0.2) is 0 Å². The van der Waals surface area contributed by atoms with Crippen LogP contribution in [-0.4, -0.2) is 22.1 Å². The summed E-state index contributed by atoms with van der Waals surface area (Å²) in [5, 5.41) is 23.9. The molecule has 2 unspecified atom stereocenters. The highest BCUT2D eigenvalue weighted by molar-refractivity contribution is 4.71. The Bertz CT molecular complexity index is 200. The zero-order valence-electron chi connectivity index (χ0n) is 9.18. The molecule has 1 N–H and O–H groups in total. The molecule has 0 fully saturated rings. The van der Waals surface area contributed by atoms with Crippen LogP contribution in [0.4, 0.5) is 0 Å². The molecule has 0 aliphatic heterocycles. The molecule has 0 radical (unpaired) electrons. The lowest BCUT2D eigenvalue weighted by atomic mass is 10.2. The predicted molar refractivity (Wildman–Crippen MR) is 55.9 cm³/mol. The molecule has 0 saturated heterocycles. The summed E-state index contributed by atoms with van der Waals surface area (Å²) in [6.45, 7) is 5.42. The van der Waals surface area contributed by atoms with Gasteiger partial charge in [0.05, 0.1) is 6.10 Å². The van der Waals surface area contributed by atoms with Gasteiger partial charge >= 0.3 is 0 Å². The summed E-state index contributed by atoms with van der Waals surface area (Å²) >= 11 is 0. The molecule has 0 saturated carbocycles. The summed E-state index contributed by atoms with van der Waals surface area (Å²) in [5.74, 6) is 0. The van der Waals surface area contributed by atoms with Crippen LogP contribution in [0.15, 0.2) is 17.4 Å². The first-order valence-corrected chi connectivity index (χ1v) is 5.09. The number of aliphatic hydroxyl groups is 1. The van der Waals surface area contributed by atoms with Gasteiger partial charge in [0.15, 0.2) is 0 Å². The topological polar surface area (TPSA) is 58.7 Å². The molecule has 2 atom stereocenters. The SMILES string of the molecule is CCCC/C=C/[N+]([O-])=NC(C)C(C)O. The van der Waals surface area contributed by atoms with E-state index in [4.69, 9.17) is 5.11 Å². The Morgan fingerprint density at radius 3 is 2.64 bits per heavy atom. The van der Waals surface area contributed by atoms with Crippen molar-refractivity contribution < 1.29 is 9.97 Å². The highest BCUT2D eigenvalue weighted by atomic mass is 16.5. The van der Waals surface area contributed by atoms with Gasteiger partial charge < -0.3 is 10.3 Å². The summed E-state index contributed by atoms with van der Waals surface area (Å²) in [6, 6.07) is -0.358. The minimum absolute atomic E-state index is 0.358. The van der Waals surface area contributed by atoms with Gasteiger partial charge in [-0.2, -0.15) is 0 Å². The smallest absolute Gasteiger partial charge is 0.205 e. The predicted octanol–water partition coefficient (Wildman–Crippen LogP) is 2.42. The highest BCUT2D eigenvalue weighted by Gasteiger charge is 2.09. The molecule has 14 heavy (non-hydrogen) atoms. The number of rotatable bonds is 6. The average Bonchev–Trinajstić information content (AvgIpc) is 2.12. The van der Waals surface area contributed by atoms with E-state index in [1.807, 2.05) is 0 Å². The first-order valence-electron chi connectivity index (χ1n) is 5.09. The van der Waals surface area contributed by atoms with Crippen LogP contribution in [0.3, 0.4) is 0 Å². The number of azo groups is 1. The molecule has 0 spiro atoms. The highest BCUT2D eigenvalue weighted by Crippen LogP contribution is 1.99. The summed E-state index contributed by atoms with van der Waals surface area (Å²) in [6.07, 6.45) is 5.70. The van der Waals surface area contributed by atoms with Gasteiger partial charge in [0.1, 0.15) is 6.04 Å². The Hall–Kier alpha value is -0.900. The quantitative estimate of drug-likeness (QED) is 0.310. The Morgan fingerprint density at radius 1 is 1.50 bits per heavy atom. The molecule has 4 nitrogen and oxygen atoms in total. The molecular formula is C10H20N2O2. The van der Waals surface area contributed by atoms with E-state index in [1.54, 1.807) is 19.9 Å². The second kappa shape index (κ2) is 7.50. The largest absolute Gasteiger partial charge is 0.595 e. The Morgan fingerprint density at radius 2 is 2.14 bits per heavy atom. The second-order valence-electron chi connectivity index (χ2n) is 3.43. The van der Waals surface area contributed by atoms with Gasteiger partial charge in [0.25, 0.3) is 0 Å². The number of aliphatic hydroxyl groups excluding tert-OH is 1. The number of hydroxylamine groups is 1. The Balaban J connectivity index is 3.93. The van der Waals surface area contributed by atoms with E-state index >= 15 is 0 Å². The monoisotopic (exact) mass is 200 g/mol. The number of unbranched alkanes of at least 4 members (excludes halogenated alkanes) is 2. The zero-order chi connectivity index (χ0) is 11.0. The van der Waals surface area contributed by atoms with Crippen LogP contribution in [-0.2, 0) is 0 Å². The first kappa shape index (κ1) is 13.1. The molecule has 4 heteroatoms. The summed E-state index contributed by atoms with van der Waals surface area (Å²) < 4.78 is 0. The molecule has 0 aliphatic rings. The van der Waals surface area contributed by atoms with Crippen molar-refractivity contribution >= 4 is 0 Å². The van der Waals surface area contributed by atoms with Gasteiger partial charge in [-0.05, 0) is 37.9 Å². The standard InChI is InChI=1S/C10H20N2O2/c1-4-5-6-7-8-12(14)11-9(2)10(3)13/h7-10,13H,4-6H2,1-3H3/b8-7+,12-11?. The van der Waals surface area contributed by atoms with Crippen LogP contribution in [0, 0.1) is 5.21 Å². The van der Waals surface area contributed by atoms with Crippen molar-refractivity contribution in [1.29, 1.82) is 0 Å². The fourth-order valence-corrected chi connectivity index (χ4v) is 0.801. The lowest BCUT2D eigenvalue weighted by Gasteiger charge is -2.05. The van der Waals surface area contributed by atoms with Crippen molar-refractivity contribution in [2.75, 3.05) is 0 Å². The average molecular weight is 200 g/mol. The van der Waals surface area contributed by atoms with E-state index in [2.05, 4.69) is 12.0 Å². The lowest BCUT2D eigenvalue weighted by molar-refractivity contribution is -0.463. The fourth-order valence-electron chi connectivity index (χ4n) is 0.801. The number of allylic oxidation sites excluding steroid dienone is 1. The molecule has 0 aromatic heterocycles. The van der Waals surface area contributed by atoms with Gasteiger partial charge in [-0.3, -0.25) is 0 Å². The number of hydrogen-bond acceptors (Lipinski definition) is 3. The van der Waals surface area contributed by atoms with Crippen LogP contribution in [0.25, 0.3) is 0 Å². The fraction of sp³-hybridized carbons (Fsp3) is 0.800. The maximum atomic E-state index is 11.1. The molecule has 0 heterocycles. The maximum absolute atomic E-state index is 11.1. The van der Waals surface area contributed by atoms with Crippen molar-refractivity contribution in [3.05, 3.63) is 17.5 Å². The zero-order valence-corrected chi connectivity index (χ0v) is 9.18. The Kier molecular flexibility index (Phi) is 7.02. The van der Waals surface area contributed by atoms with Gasteiger partial charge in [0.2, 0.25) is 6.20 Å². The van der Waals surface area contributed by atoms with Crippen molar-refractivity contribution in [3.63, 3.8) is 0 Å². The minimum Gasteiger partial charge on any atom is -0.595 e. The van der Waals surface area contributed by atoms with Crippen LogP contribution in [0.2, 0.25) is 0 Å². The number of hydrogen-bond donors (Lipinski definition) is 1. The van der Waals surface area contributed by atoms with Crippen LogP contribution < -0.4 is 0 Å². The van der Waals surface area contributed by atoms with E-state index < -0.39 is 6.10 Å². The summed E-state index contributed by atoms with van der Waals surface area (Å²) in [7, 11) is 0. The molecule has 82 valence electrons. The van der Waals surface area contributed by atoms with Gasteiger partial charge in [-0.15, -0.1) is 0 Å². The van der Waals surface area contributed by atoms with Crippen LogP contribution in [0.5, 0.6) is 0 Å². The van der Waals surface area contributed by atoms with E-state index in [0.29, 0.717) is 4.86 Å². The van der Waals surface area contributed by atoms with E-state index in [0.717, 1.165) is 19.3 Å². The molecule has 0 rings (SSSR count). The van der Waals surface area contributed by atoms with E-state index in [1.165, 1.54) is 6.20 Å². The second-order valence-corrected chi connectivity index (χ2v) is 3.43. The Labute approximate surface area is 85.5 Å². The summed E-state index contributed by atoms with van der Waals surface area (Å²) in [4.78, 5) is 0.521. The summed E-state index contributed by atoms with van der Waals surface area (Å²) in [5.41, 5.74) is 0. The van der Waals surface area contributed by atoms with Gasteiger partial charge in [-0.1, -0.05) is 18.2 Å². The third-order valence-corrected chi connectivity index (χ3v) is 1.95. The minimum atomic E-state index is -0.588. The molecule has 0 bridgehead atoms. The molecule has 0 aromatic carbocycles. The van der Waals surface area contributed by atoms with Crippen LogP contribution >= 0.6 is 0 Å². The van der Waals surface area contributed by atoms with Crippen molar-refractivity contribution in [1.82, 2.24) is 0 Å². The van der Waals surface area contributed by atoms with E-state index in [-0.39, 0.29) is 6.04 Å². The molecular weight excluding hydrogens is 180 g/mol. The third kappa shape index (κ3) is 6.60. The van der Waals surface area contributed by atoms with Crippen molar-refractivity contribution in [2.24, 2.45) is 5.11 Å². The first-order chi connectivity index (χ1) is 6.57. The maximum Gasteiger partial charge on any atom is 0.205 e. The number of nitrogens with zero attached hydrogens (tertiary/aromatic N) is 2. The molecule has 0 amide bonds. The molecule has 0 aliphatic carbocycles. The van der Waals surface area contributed by atoms with Gasteiger partial charge in [0, 0.05) is 0 Å². The molecule has 0 aromatic rings. The van der Waals surface area contributed by atoms with Crippen molar-refractivity contribution in [3.8, 4) is 0 Å². The third-order valence-electron chi connectivity index (χ3n) is 1.95. The van der Waals surface area contributed by atoms with E-state index in [9.17, 15) is 5.21 Å². The van der Waals surface area contributed by atoms with Crippen molar-refractivity contribution in [2.45, 2.75) is 52.2 Å².